The van der Waals surface area contributed by atoms with Gasteiger partial charge in [-0.2, -0.15) is 0 Å². The molecular weight excluding hydrogens is 146 g/mol. The van der Waals surface area contributed by atoms with Crippen LogP contribution in [0.15, 0.2) is 18.2 Å². The molecule has 1 aliphatic heterocycles. The van der Waals surface area contributed by atoms with Crippen LogP contribution in [-0.4, -0.2) is 13.1 Å². The number of rotatable bonds is 1. The van der Waals surface area contributed by atoms with Crippen LogP contribution in [0.2, 0.25) is 0 Å². The summed E-state index contributed by atoms with van der Waals surface area (Å²) in [6.45, 7) is 4.61. The van der Waals surface area contributed by atoms with Crippen molar-refractivity contribution < 1.29 is 0 Å². The average Bonchev–Trinajstić information content (AvgIpc) is 2.57. The molecule has 1 saturated heterocycles. The maximum absolute atomic E-state index is 3.14. The molecule has 2 rings (SSSR count). The molecule has 0 bridgehead atoms. The number of nitrogens with zero attached hydrogens (tertiary/aromatic N) is 1. The van der Waals surface area contributed by atoms with Crippen LogP contribution in [0.4, 0.5) is 5.69 Å². The average molecular weight is 160 g/mol. The highest BCUT2D eigenvalue weighted by molar-refractivity contribution is 5.53. The summed E-state index contributed by atoms with van der Waals surface area (Å²) < 4.78 is 0. The zero-order valence-corrected chi connectivity index (χ0v) is 7.51. The van der Waals surface area contributed by atoms with Gasteiger partial charge in [-0.25, -0.2) is 0 Å². The summed E-state index contributed by atoms with van der Waals surface area (Å²) in [6, 6.07) is 9.35. The Labute approximate surface area is 74.0 Å². The highest BCUT2D eigenvalue weighted by Gasteiger charge is 2.12. The van der Waals surface area contributed by atoms with Gasteiger partial charge in [0.1, 0.15) is 0 Å². The van der Waals surface area contributed by atoms with Crippen LogP contribution in [-0.2, 0) is 0 Å². The van der Waals surface area contributed by atoms with E-state index >= 15 is 0 Å². The Morgan fingerprint density at radius 3 is 2.75 bits per heavy atom. The molecule has 0 atom stereocenters. The zero-order valence-electron chi connectivity index (χ0n) is 7.51. The van der Waals surface area contributed by atoms with Crippen molar-refractivity contribution in [1.29, 1.82) is 0 Å². The predicted octanol–water partition coefficient (Wildman–Crippen LogP) is 2.40. The van der Waals surface area contributed by atoms with Crippen LogP contribution in [0.5, 0.6) is 0 Å². The highest BCUT2D eigenvalue weighted by Crippen LogP contribution is 2.22. The van der Waals surface area contributed by atoms with Gasteiger partial charge < -0.3 is 4.90 Å². The lowest BCUT2D eigenvalue weighted by molar-refractivity contribution is 0.949. The molecule has 1 heterocycles. The lowest BCUT2D eigenvalue weighted by atomic mass is 10.2. The van der Waals surface area contributed by atoms with Gasteiger partial charge >= 0.3 is 0 Å². The summed E-state index contributed by atoms with van der Waals surface area (Å²) >= 11 is 0. The second-order valence-corrected chi connectivity index (χ2v) is 3.41. The largest absolute Gasteiger partial charge is 0.371 e. The topological polar surface area (TPSA) is 3.24 Å². The molecule has 1 aliphatic rings. The van der Waals surface area contributed by atoms with Crippen LogP contribution in [0.1, 0.15) is 18.4 Å². The molecule has 1 aromatic rings. The molecule has 0 aliphatic carbocycles. The number of hydrogen-bond acceptors (Lipinski definition) is 1. The zero-order chi connectivity index (χ0) is 8.39. The highest BCUT2D eigenvalue weighted by atomic mass is 15.1. The molecule has 0 saturated carbocycles. The maximum Gasteiger partial charge on any atom is 0.0402 e. The molecule has 1 aromatic carbocycles. The second-order valence-electron chi connectivity index (χ2n) is 3.41. The van der Waals surface area contributed by atoms with E-state index in [2.05, 4.69) is 30.0 Å². The fourth-order valence-corrected chi connectivity index (χ4v) is 1.80. The third-order valence-corrected chi connectivity index (χ3v) is 2.50. The SMILES string of the molecule is Cc1cc[c]cc1N1CCCC1. The van der Waals surface area contributed by atoms with Crippen molar-refractivity contribution >= 4 is 5.69 Å². The van der Waals surface area contributed by atoms with Crippen molar-refractivity contribution in [1.82, 2.24) is 0 Å². The van der Waals surface area contributed by atoms with Gasteiger partial charge in [-0.1, -0.05) is 12.1 Å². The fourth-order valence-electron chi connectivity index (χ4n) is 1.80. The Morgan fingerprint density at radius 2 is 2.08 bits per heavy atom. The van der Waals surface area contributed by atoms with Crippen molar-refractivity contribution in [3.05, 3.63) is 29.8 Å². The second kappa shape index (κ2) is 3.18. The van der Waals surface area contributed by atoms with E-state index in [1.807, 2.05) is 6.07 Å². The molecule has 1 fully saturated rings. The normalized spacial score (nSPS) is 16.9. The number of aryl methyl sites for hydroxylation is 1. The third kappa shape index (κ3) is 1.31. The van der Waals surface area contributed by atoms with Crippen LogP contribution >= 0.6 is 0 Å². The Morgan fingerprint density at radius 1 is 1.33 bits per heavy atom. The first-order valence-corrected chi connectivity index (χ1v) is 4.59. The van der Waals surface area contributed by atoms with Gasteiger partial charge in [0.25, 0.3) is 0 Å². The molecule has 0 N–H and O–H groups in total. The summed E-state index contributed by atoms with van der Waals surface area (Å²) in [4.78, 5) is 2.45. The van der Waals surface area contributed by atoms with Gasteiger partial charge in [0, 0.05) is 18.8 Å². The summed E-state index contributed by atoms with van der Waals surface area (Å²) in [5.74, 6) is 0. The van der Waals surface area contributed by atoms with Gasteiger partial charge in [0.15, 0.2) is 0 Å². The molecular formula is C11H14N. The van der Waals surface area contributed by atoms with Crippen molar-refractivity contribution in [2.24, 2.45) is 0 Å². The van der Waals surface area contributed by atoms with E-state index in [9.17, 15) is 0 Å². The summed E-state index contributed by atoms with van der Waals surface area (Å²) in [6.07, 6.45) is 2.68. The van der Waals surface area contributed by atoms with E-state index in [4.69, 9.17) is 0 Å². The van der Waals surface area contributed by atoms with Gasteiger partial charge in [0.05, 0.1) is 0 Å². The minimum atomic E-state index is 1.22. The van der Waals surface area contributed by atoms with E-state index < -0.39 is 0 Å². The quantitative estimate of drug-likeness (QED) is 0.609. The first-order chi connectivity index (χ1) is 5.88. The van der Waals surface area contributed by atoms with E-state index in [1.54, 1.807) is 0 Å². The Bertz CT molecular complexity index is 261. The lowest BCUT2D eigenvalue weighted by Gasteiger charge is -2.19. The third-order valence-electron chi connectivity index (χ3n) is 2.50. The Kier molecular flexibility index (Phi) is 2.03. The summed E-state index contributed by atoms with van der Waals surface area (Å²) in [5.41, 5.74) is 2.74. The van der Waals surface area contributed by atoms with E-state index in [0.717, 1.165) is 0 Å². The lowest BCUT2D eigenvalue weighted by Crippen LogP contribution is -2.18. The minimum absolute atomic E-state index is 1.22. The Hall–Kier alpha value is -0.980. The van der Waals surface area contributed by atoms with Crippen LogP contribution in [0.25, 0.3) is 0 Å². The number of benzene rings is 1. The summed E-state index contributed by atoms with van der Waals surface area (Å²) in [5, 5.41) is 0. The summed E-state index contributed by atoms with van der Waals surface area (Å²) in [7, 11) is 0. The van der Waals surface area contributed by atoms with Gasteiger partial charge in [-0.3, -0.25) is 0 Å². The van der Waals surface area contributed by atoms with Gasteiger partial charge in [-0.05, 0) is 37.5 Å². The van der Waals surface area contributed by atoms with E-state index in [1.165, 1.54) is 37.2 Å². The van der Waals surface area contributed by atoms with Gasteiger partial charge in [0.2, 0.25) is 0 Å². The molecule has 0 unspecified atom stereocenters. The molecule has 1 nitrogen and oxygen atoms in total. The van der Waals surface area contributed by atoms with E-state index in [0.29, 0.717) is 0 Å². The molecule has 12 heavy (non-hydrogen) atoms. The standard InChI is InChI=1S/C11H14N/c1-10-6-2-3-7-11(10)12-8-4-5-9-12/h2,6-7H,4-5,8-9H2,1H3. The molecule has 0 spiro atoms. The molecule has 1 heteroatoms. The van der Waals surface area contributed by atoms with Crippen molar-refractivity contribution in [2.75, 3.05) is 18.0 Å². The van der Waals surface area contributed by atoms with Crippen molar-refractivity contribution in [3.8, 4) is 0 Å². The smallest absolute Gasteiger partial charge is 0.0402 e. The van der Waals surface area contributed by atoms with E-state index in [-0.39, 0.29) is 0 Å². The van der Waals surface area contributed by atoms with Crippen LogP contribution in [0.3, 0.4) is 0 Å². The number of hydrogen-bond donors (Lipinski definition) is 0. The fraction of sp³-hybridized carbons (Fsp3) is 0.455. The number of anilines is 1. The molecule has 0 amide bonds. The van der Waals surface area contributed by atoms with Crippen molar-refractivity contribution in [2.45, 2.75) is 19.8 Å². The first kappa shape index (κ1) is 7.66. The predicted molar refractivity (Wildman–Crippen MR) is 51.5 cm³/mol. The monoisotopic (exact) mass is 160 g/mol. The van der Waals surface area contributed by atoms with Crippen LogP contribution < -0.4 is 4.90 Å². The van der Waals surface area contributed by atoms with Gasteiger partial charge in [-0.15, -0.1) is 0 Å². The van der Waals surface area contributed by atoms with Crippen molar-refractivity contribution in [3.63, 3.8) is 0 Å². The molecule has 1 radical (unpaired) electrons. The van der Waals surface area contributed by atoms with Crippen LogP contribution in [0, 0.1) is 13.0 Å². The molecule has 0 aromatic heterocycles. The maximum atomic E-state index is 3.14. The first-order valence-electron chi connectivity index (χ1n) is 4.59. The molecule has 63 valence electrons. The Balaban J connectivity index is 2.26. The minimum Gasteiger partial charge on any atom is -0.371 e.